The van der Waals surface area contributed by atoms with E-state index in [1.54, 1.807) is 13.0 Å². The van der Waals surface area contributed by atoms with E-state index in [9.17, 15) is 8.78 Å². The van der Waals surface area contributed by atoms with Crippen LogP contribution in [0.3, 0.4) is 0 Å². The fourth-order valence-electron chi connectivity index (χ4n) is 0.892. The first-order chi connectivity index (χ1) is 5.52. The van der Waals surface area contributed by atoms with Crippen molar-refractivity contribution >= 4 is 27.5 Å². The van der Waals surface area contributed by atoms with Gasteiger partial charge in [0.1, 0.15) is 0 Å². The molecule has 66 valence electrons. The second-order valence-electron chi connectivity index (χ2n) is 2.40. The highest BCUT2D eigenvalue weighted by molar-refractivity contribution is 9.10. The fraction of sp³-hybridized carbons (Fsp3) is 0.250. The topological polar surface area (TPSA) is 0 Å². The monoisotopic (exact) mass is 254 g/mol. The van der Waals surface area contributed by atoms with E-state index in [1.165, 1.54) is 6.07 Å². The molecule has 0 aliphatic carbocycles. The second kappa shape index (κ2) is 3.71. The summed E-state index contributed by atoms with van der Waals surface area (Å²) in [7, 11) is 0. The maximum absolute atomic E-state index is 12.3. The van der Waals surface area contributed by atoms with Gasteiger partial charge in [-0.25, -0.2) is 8.78 Å². The van der Waals surface area contributed by atoms with Gasteiger partial charge in [-0.05, 0) is 24.6 Å². The summed E-state index contributed by atoms with van der Waals surface area (Å²) in [5.41, 5.74) is 0.517. The number of hydrogen-bond acceptors (Lipinski definition) is 0. The van der Waals surface area contributed by atoms with Crippen molar-refractivity contribution in [3.05, 3.63) is 32.8 Å². The Morgan fingerprint density at radius 2 is 2.00 bits per heavy atom. The van der Waals surface area contributed by atoms with E-state index in [1.807, 2.05) is 0 Å². The molecule has 0 unspecified atom stereocenters. The van der Waals surface area contributed by atoms with Gasteiger partial charge in [0.05, 0.1) is 0 Å². The van der Waals surface area contributed by atoms with Crippen molar-refractivity contribution in [2.45, 2.75) is 13.3 Å². The molecule has 0 aliphatic heterocycles. The molecule has 0 bridgehead atoms. The number of benzene rings is 1. The zero-order valence-corrected chi connectivity index (χ0v) is 8.59. The van der Waals surface area contributed by atoms with E-state index in [2.05, 4.69) is 15.9 Å². The molecular formula is C8H6BrClF2. The summed E-state index contributed by atoms with van der Waals surface area (Å²) in [6.45, 7) is 1.63. The predicted octanol–water partition coefficient (Wildman–Crippen LogP) is 4.35. The number of rotatable bonds is 1. The van der Waals surface area contributed by atoms with Gasteiger partial charge in [-0.1, -0.05) is 27.5 Å². The van der Waals surface area contributed by atoms with Crippen molar-refractivity contribution in [1.82, 2.24) is 0 Å². The van der Waals surface area contributed by atoms with Crippen LogP contribution in [0.4, 0.5) is 8.78 Å². The minimum absolute atomic E-state index is 0.0191. The van der Waals surface area contributed by atoms with Crippen LogP contribution in [0.25, 0.3) is 0 Å². The molecule has 0 radical (unpaired) electrons. The lowest BCUT2D eigenvalue weighted by Crippen LogP contribution is -1.90. The predicted molar refractivity (Wildman–Crippen MR) is 48.8 cm³/mol. The van der Waals surface area contributed by atoms with Crippen LogP contribution in [-0.2, 0) is 0 Å². The van der Waals surface area contributed by atoms with Gasteiger partial charge in [-0.15, -0.1) is 0 Å². The van der Waals surface area contributed by atoms with Crippen molar-refractivity contribution in [2.24, 2.45) is 0 Å². The Morgan fingerprint density at radius 1 is 1.42 bits per heavy atom. The first-order valence-electron chi connectivity index (χ1n) is 3.26. The third kappa shape index (κ3) is 1.96. The highest BCUT2D eigenvalue weighted by Crippen LogP contribution is 2.31. The summed E-state index contributed by atoms with van der Waals surface area (Å²) in [6, 6.07) is 2.88. The summed E-state index contributed by atoms with van der Waals surface area (Å²) < 4.78 is 25.2. The van der Waals surface area contributed by atoms with Gasteiger partial charge in [0.25, 0.3) is 6.43 Å². The van der Waals surface area contributed by atoms with Gasteiger partial charge in [0.2, 0.25) is 0 Å². The fourth-order valence-corrected chi connectivity index (χ4v) is 1.73. The highest BCUT2D eigenvalue weighted by Gasteiger charge is 2.13. The Labute approximate surface area is 82.7 Å². The zero-order chi connectivity index (χ0) is 9.30. The highest BCUT2D eigenvalue weighted by atomic mass is 79.9. The van der Waals surface area contributed by atoms with Crippen LogP contribution in [0.2, 0.25) is 5.02 Å². The third-order valence-corrected chi connectivity index (χ3v) is 2.63. The molecule has 12 heavy (non-hydrogen) atoms. The largest absolute Gasteiger partial charge is 0.264 e. The molecule has 0 atom stereocenters. The quantitative estimate of drug-likeness (QED) is 0.700. The van der Waals surface area contributed by atoms with Crippen LogP contribution in [0.15, 0.2) is 16.6 Å². The minimum atomic E-state index is -2.47. The van der Waals surface area contributed by atoms with Gasteiger partial charge in [-0.2, -0.15) is 0 Å². The molecular weight excluding hydrogens is 249 g/mol. The molecule has 1 rings (SSSR count). The van der Waals surface area contributed by atoms with Crippen molar-refractivity contribution in [2.75, 3.05) is 0 Å². The Hall–Kier alpha value is -0.150. The third-order valence-electron chi connectivity index (χ3n) is 1.58. The summed E-state index contributed by atoms with van der Waals surface area (Å²) in [4.78, 5) is 0. The van der Waals surface area contributed by atoms with Crippen molar-refractivity contribution in [1.29, 1.82) is 0 Å². The first-order valence-corrected chi connectivity index (χ1v) is 4.43. The lowest BCUT2D eigenvalue weighted by Gasteiger charge is -2.06. The van der Waals surface area contributed by atoms with Crippen molar-refractivity contribution < 1.29 is 8.78 Å². The molecule has 0 nitrogen and oxygen atoms in total. The molecule has 0 spiro atoms. The van der Waals surface area contributed by atoms with E-state index in [4.69, 9.17) is 11.6 Å². The van der Waals surface area contributed by atoms with Gasteiger partial charge in [0, 0.05) is 15.1 Å². The van der Waals surface area contributed by atoms with E-state index in [-0.39, 0.29) is 5.56 Å². The summed E-state index contributed by atoms with van der Waals surface area (Å²) >= 11 is 8.75. The molecule has 0 amide bonds. The molecule has 4 heteroatoms. The van der Waals surface area contributed by atoms with Gasteiger partial charge < -0.3 is 0 Å². The Kier molecular flexibility index (Phi) is 3.07. The van der Waals surface area contributed by atoms with Crippen LogP contribution in [0, 0.1) is 6.92 Å². The normalized spacial score (nSPS) is 10.8. The van der Waals surface area contributed by atoms with Gasteiger partial charge in [0.15, 0.2) is 0 Å². The maximum Gasteiger partial charge on any atom is 0.264 e. The van der Waals surface area contributed by atoms with E-state index >= 15 is 0 Å². The number of alkyl halides is 2. The van der Waals surface area contributed by atoms with E-state index in [0.29, 0.717) is 15.1 Å². The zero-order valence-electron chi connectivity index (χ0n) is 6.24. The lowest BCUT2D eigenvalue weighted by atomic mass is 10.1. The van der Waals surface area contributed by atoms with Crippen LogP contribution < -0.4 is 0 Å². The summed E-state index contributed by atoms with van der Waals surface area (Å²) in [5, 5.41) is 0.322. The van der Waals surface area contributed by atoms with Gasteiger partial charge >= 0.3 is 0 Å². The van der Waals surface area contributed by atoms with Crippen molar-refractivity contribution in [3.63, 3.8) is 0 Å². The smallest absolute Gasteiger partial charge is 0.205 e. The van der Waals surface area contributed by atoms with Crippen LogP contribution in [-0.4, -0.2) is 0 Å². The Morgan fingerprint density at radius 3 is 2.50 bits per heavy atom. The minimum Gasteiger partial charge on any atom is -0.205 e. The summed E-state index contributed by atoms with van der Waals surface area (Å²) in [5.74, 6) is 0. The lowest BCUT2D eigenvalue weighted by molar-refractivity contribution is 0.150. The average Bonchev–Trinajstić information content (AvgIpc) is 1.96. The molecule has 0 fully saturated rings. The maximum atomic E-state index is 12.3. The number of halogens is 4. The molecule has 0 saturated heterocycles. The average molecular weight is 255 g/mol. The summed E-state index contributed by atoms with van der Waals surface area (Å²) in [6.07, 6.45) is -2.47. The molecule has 0 saturated carbocycles. The van der Waals surface area contributed by atoms with Crippen LogP contribution in [0.5, 0.6) is 0 Å². The molecule has 0 N–H and O–H groups in total. The van der Waals surface area contributed by atoms with E-state index < -0.39 is 6.43 Å². The van der Waals surface area contributed by atoms with Gasteiger partial charge in [-0.3, -0.25) is 0 Å². The SMILES string of the molecule is Cc1c(Br)cc(Cl)cc1C(F)F. The van der Waals surface area contributed by atoms with Crippen molar-refractivity contribution in [3.8, 4) is 0 Å². The standard InChI is InChI=1S/C8H6BrClF2/c1-4-6(8(11)12)2-5(10)3-7(4)9/h2-3,8H,1H3. The molecule has 0 aliphatic rings. The Bertz CT molecular complexity index is 299. The molecule has 0 aromatic heterocycles. The Balaban J connectivity index is 3.28. The molecule has 1 aromatic carbocycles. The number of hydrogen-bond donors (Lipinski definition) is 0. The van der Waals surface area contributed by atoms with Crippen LogP contribution in [0.1, 0.15) is 17.6 Å². The van der Waals surface area contributed by atoms with Crippen LogP contribution >= 0.6 is 27.5 Å². The molecule has 0 heterocycles. The first kappa shape index (κ1) is 9.93. The van der Waals surface area contributed by atoms with E-state index in [0.717, 1.165) is 0 Å². The molecule has 1 aromatic rings. The second-order valence-corrected chi connectivity index (χ2v) is 3.69.